The standard InChI is InChI=1S/C19H21N3O3S/c1-26(24,25)22(13-11-16-5-3-2-4-6-16)14-12-19(23)21-18-9-7-17(15-20)8-10-18/h2-10H,11-14H2,1H3,(H,21,23). The van der Waals surface area contributed by atoms with Crippen molar-refractivity contribution < 1.29 is 13.2 Å². The summed E-state index contributed by atoms with van der Waals surface area (Å²) in [6, 6.07) is 18.1. The van der Waals surface area contributed by atoms with Crippen LogP contribution in [0.5, 0.6) is 0 Å². The third kappa shape index (κ3) is 6.31. The molecule has 0 aliphatic carbocycles. The zero-order chi connectivity index (χ0) is 19.0. The van der Waals surface area contributed by atoms with Crippen molar-refractivity contribution in [3.05, 3.63) is 65.7 Å². The Bertz CT molecular complexity index is 872. The first-order valence-corrected chi connectivity index (χ1v) is 10.0. The molecule has 1 N–H and O–H groups in total. The zero-order valence-electron chi connectivity index (χ0n) is 14.6. The summed E-state index contributed by atoms with van der Waals surface area (Å²) in [4.78, 5) is 12.1. The molecule has 0 fully saturated rings. The van der Waals surface area contributed by atoms with Gasteiger partial charge in [-0.3, -0.25) is 4.79 Å². The molecule has 0 unspecified atom stereocenters. The Morgan fingerprint density at radius 1 is 1.08 bits per heavy atom. The van der Waals surface area contributed by atoms with Crippen LogP contribution >= 0.6 is 0 Å². The fourth-order valence-corrected chi connectivity index (χ4v) is 3.27. The van der Waals surface area contributed by atoms with E-state index in [9.17, 15) is 13.2 Å². The van der Waals surface area contributed by atoms with Gasteiger partial charge >= 0.3 is 0 Å². The molecule has 0 saturated carbocycles. The topological polar surface area (TPSA) is 90.3 Å². The van der Waals surface area contributed by atoms with Crippen LogP contribution in [0, 0.1) is 11.3 Å². The Labute approximate surface area is 154 Å². The molecule has 0 aliphatic heterocycles. The summed E-state index contributed by atoms with van der Waals surface area (Å²) in [7, 11) is -3.40. The summed E-state index contributed by atoms with van der Waals surface area (Å²) >= 11 is 0. The van der Waals surface area contributed by atoms with E-state index in [0.29, 0.717) is 24.2 Å². The SMILES string of the molecule is CS(=O)(=O)N(CCC(=O)Nc1ccc(C#N)cc1)CCc1ccccc1. The van der Waals surface area contributed by atoms with Crippen LogP contribution in [0.25, 0.3) is 0 Å². The van der Waals surface area contributed by atoms with Gasteiger partial charge in [0.25, 0.3) is 0 Å². The quantitative estimate of drug-likeness (QED) is 0.771. The van der Waals surface area contributed by atoms with E-state index >= 15 is 0 Å². The number of nitrogens with zero attached hydrogens (tertiary/aromatic N) is 2. The number of carbonyl (C=O) groups is 1. The van der Waals surface area contributed by atoms with E-state index < -0.39 is 10.0 Å². The van der Waals surface area contributed by atoms with Crippen molar-refractivity contribution in [2.24, 2.45) is 0 Å². The van der Waals surface area contributed by atoms with Gasteiger partial charge in [-0.25, -0.2) is 12.7 Å². The Balaban J connectivity index is 1.89. The van der Waals surface area contributed by atoms with Crippen LogP contribution < -0.4 is 5.32 Å². The molecule has 0 aliphatic rings. The van der Waals surface area contributed by atoms with E-state index in [1.807, 2.05) is 36.4 Å². The number of hydrogen-bond acceptors (Lipinski definition) is 4. The lowest BCUT2D eigenvalue weighted by molar-refractivity contribution is -0.116. The smallest absolute Gasteiger partial charge is 0.225 e. The zero-order valence-corrected chi connectivity index (χ0v) is 15.4. The maximum absolute atomic E-state index is 12.1. The molecule has 2 aromatic rings. The van der Waals surface area contributed by atoms with Crippen molar-refractivity contribution in [1.29, 1.82) is 5.26 Å². The predicted octanol–water partition coefficient (Wildman–Crippen LogP) is 2.39. The highest BCUT2D eigenvalue weighted by atomic mass is 32.2. The summed E-state index contributed by atoms with van der Waals surface area (Å²) in [5.74, 6) is -0.275. The summed E-state index contributed by atoms with van der Waals surface area (Å²) in [6.45, 7) is 0.445. The number of rotatable bonds is 8. The third-order valence-corrected chi connectivity index (χ3v) is 5.15. The van der Waals surface area contributed by atoms with Gasteiger partial charge < -0.3 is 5.32 Å². The average molecular weight is 371 g/mol. The first-order valence-electron chi connectivity index (χ1n) is 8.17. The first kappa shape index (κ1) is 19.6. The molecule has 0 heterocycles. The largest absolute Gasteiger partial charge is 0.326 e. The van der Waals surface area contributed by atoms with Gasteiger partial charge in [0.2, 0.25) is 15.9 Å². The second-order valence-electron chi connectivity index (χ2n) is 5.88. The lowest BCUT2D eigenvalue weighted by Gasteiger charge is -2.19. The van der Waals surface area contributed by atoms with Crippen LogP contribution in [-0.2, 0) is 21.2 Å². The van der Waals surface area contributed by atoms with Crippen LogP contribution in [-0.4, -0.2) is 38.0 Å². The molecule has 6 nitrogen and oxygen atoms in total. The minimum absolute atomic E-state index is 0.0574. The van der Waals surface area contributed by atoms with Gasteiger partial charge in [0, 0.05) is 25.2 Å². The number of nitriles is 1. The van der Waals surface area contributed by atoms with Gasteiger partial charge in [0.15, 0.2) is 0 Å². The van der Waals surface area contributed by atoms with Crippen LogP contribution in [0.2, 0.25) is 0 Å². The second kappa shape index (κ2) is 9.13. The van der Waals surface area contributed by atoms with E-state index in [1.54, 1.807) is 24.3 Å². The molecule has 136 valence electrons. The van der Waals surface area contributed by atoms with Gasteiger partial charge in [0.1, 0.15) is 0 Å². The normalized spacial score (nSPS) is 11.1. The highest BCUT2D eigenvalue weighted by molar-refractivity contribution is 7.88. The Kier molecular flexibility index (Phi) is 6.89. The number of anilines is 1. The molecule has 0 aromatic heterocycles. The van der Waals surface area contributed by atoms with Crippen LogP contribution in [0.4, 0.5) is 5.69 Å². The number of carbonyl (C=O) groups excluding carboxylic acids is 1. The van der Waals surface area contributed by atoms with Crippen LogP contribution in [0.15, 0.2) is 54.6 Å². The molecule has 2 rings (SSSR count). The van der Waals surface area contributed by atoms with E-state index in [0.717, 1.165) is 11.8 Å². The van der Waals surface area contributed by atoms with Gasteiger partial charge in [-0.05, 0) is 36.2 Å². The lowest BCUT2D eigenvalue weighted by Crippen LogP contribution is -2.34. The Hall–Kier alpha value is -2.69. The second-order valence-corrected chi connectivity index (χ2v) is 7.87. The van der Waals surface area contributed by atoms with Gasteiger partial charge in [-0.15, -0.1) is 0 Å². The predicted molar refractivity (Wildman–Crippen MR) is 101 cm³/mol. The van der Waals surface area contributed by atoms with Crippen molar-refractivity contribution >= 4 is 21.6 Å². The molecule has 0 spiro atoms. The average Bonchev–Trinajstić information content (AvgIpc) is 2.62. The molecule has 0 bridgehead atoms. The molecule has 0 radical (unpaired) electrons. The molecular formula is C19H21N3O3S. The summed E-state index contributed by atoms with van der Waals surface area (Å²) < 4.78 is 25.2. The van der Waals surface area contributed by atoms with Crippen LogP contribution in [0.3, 0.4) is 0 Å². The maximum Gasteiger partial charge on any atom is 0.225 e. The minimum Gasteiger partial charge on any atom is -0.326 e. The summed E-state index contributed by atoms with van der Waals surface area (Å²) in [5.41, 5.74) is 2.12. The van der Waals surface area contributed by atoms with E-state index in [-0.39, 0.29) is 18.9 Å². The highest BCUT2D eigenvalue weighted by Crippen LogP contribution is 2.10. The van der Waals surface area contributed by atoms with Crippen molar-refractivity contribution in [2.45, 2.75) is 12.8 Å². The van der Waals surface area contributed by atoms with E-state index in [4.69, 9.17) is 5.26 Å². The number of nitrogens with one attached hydrogen (secondary N) is 1. The fourth-order valence-electron chi connectivity index (χ4n) is 2.42. The number of hydrogen-bond donors (Lipinski definition) is 1. The van der Waals surface area contributed by atoms with Gasteiger partial charge in [-0.2, -0.15) is 5.26 Å². The Morgan fingerprint density at radius 3 is 2.31 bits per heavy atom. The number of amides is 1. The molecule has 0 atom stereocenters. The van der Waals surface area contributed by atoms with E-state index in [2.05, 4.69) is 5.32 Å². The first-order chi connectivity index (χ1) is 12.4. The van der Waals surface area contributed by atoms with Crippen molar-refractivity contribution in [3.8, 4) is 6.07 Å². The molecule has 2 aromatic carbocycles. The number of benzene rings is 2. The van der Waals surface area contributed by atoms with Gasteiger partial charge in [-0.1, -0.05) is 30.3 Å². The third-order valence-electron chi connectivity index (χ3n) is 3.85. The monoisotopic (exact) mass is 371 g/mol. The highest BCUT2D eigenvalue weighted by Gasteiger charge is 2.17. The molecule has 26 heavy (non-hydrogen) atoms. The van der Waals surface area contributed by atoms with Crippen LogP contribution in [0.1, 0.15) is 17.5 Å². The molecular weight excluding hydrogens is 350 g/mol. The number of sulfonamides is 1. The minimum atomic E-state index is -3.40. The van der Waals surface area contributed by atoms with Crippen molar-refractivity contribution in [3.63, 3.8) is 0 Å². The van der Waals surface area contributed by atoms with E-state index in [1.165, 1.54) is 4.31 Å². The molecule has 1 amide bonds. The molecule has 0 saturated heterocycles. The molecule has 7 heteroatoms. The van der Waals surface area contributed by atoms with Gasteiger partial charge in [0.05, 0.1) is 17.9 Å². The summed E-state index contributed by atoms with van der Waals surface area (Å²) in [6.07, 6.45) is 1.80. The van der Waals surface area contributed by atoms with Crippen molar-refractivity contribution in [1.82, 2.24) is 4.31 Å². The van der Waals surface area contributed by atoms with Crippen molar-refractivity contribution in [2.75, 3.05) is 24.7 Å². The maximum atomic E-state index is 12.1. The lowest BCUT2D eigenvalue weighted by atomic mass is 10.1. The fraction of sp³-hybridized carbons (Fsp3) is 0.263. The summed E-state index contributed by atoms with van der Waals surface area (Å²) in [5, 5.41) is 11.5. The Morgan fingerprint density at radius 2 is 1.73 bits per heavy atom.